The average Bonchev–Trinajstić information content (AvgIpc) is 2.93. The van der Waals surface area contributed by atoms with E-state index in [2.05, 4.69) is 34.7 Å². The zero-order chi connectivity index (χ0) is 15.1. The van der Waals surface area contributed by atoms with Crippen LogP contribution in [0.15, 0.2) is 17.1 Å². The summed E-state index contributed by atoms with van der Waals surface area (Å²) in [6.07, 6.45) is 3.48. The van der Waals surface area contributed by atoms with Crippen molar-refractivity contribution >= 4 is 47.2 Å². The second-order valence-corrected chi connectivity index (χ2v) is 6.61. The van der Waals surface area contributed by atoms with Crippen molar-refractivity contribution in [2.45, 2.75) is 32.7 Å². The number of hydrogen-bond donors (Lipinski definition) is 2. The summed E-state index contributed by atoms with van der Waals surface area (Å²) < 4.78 is 0. The molecule has 2 rings (SSSR count). The fourth-order valence-electron chi connectivity index (χ4n) is 2.39. The predicted molar refractivity (Wildman–Crippen MR) is 103 cm³/mol. The number of hydrogen-bond acceptors (Lipinski definition) is 3. The van der Waals surface area contributed by atoms with E-state index in [1.165, 1.54) is 16.2 Å². The fourth-order valence-corrected chi connectivity index (χ4v) is 3.22. The monoisotopic (exact) mass is 436 g/mol. The highest BCUT2D eigenvalue weighted by molar-refractivity contribution is 14.0. The van der Waals surface area contributed by atoms with Crippen LogP contribution >= 0.6 is 35.3 Å². The standard InChI is InChI=1S/C15H24N4OS.HI/c1-12-6-7-13(21-12)10-17-15(16-2)18-11-14(20)19-8-4-3-5-9-19;/h6-7H,3-5,8-11H2,1-2H3,(H2,16,17,18);1H. The molecule has 2 N–H and O–H groups in total. The Morgan fingerprint density at radius 3 is 2.59 bits per heavy atom. The van der Waals surface area contributed by atoms with Crippen molar-refractivity contribution in [2.75, 3.05) is 26.7 Å². The summed E-state index contributed by atoms with van der Waals surface area (Å²) in [5.74, 6) is 0.830. The maximum Gasteiger partial charge on any atom is 0.241 e. The van der Waals surface area contributed by atoms with Crippen LogP contribution in [0.2, 0.25) is 0 Å². The van der Waals surface area contributed by atoms with Gasteiger partial charge >= 0.3 is 0 Å². The molecule has 0 spiro atoms. The molecule has 0 atom stereocenters. The van der Waals surface area contributed by atoms with Gasteiger partial charge in [-0.25, -0.2) is 0 Å². The molecule has 1 aromatic heterocycles. The first-order valence-corrected chi connectivity index (χ1v) is 8.28. The zero-order valence-electron chi connectivity index (χ0n) is 13.2. The smallest absolute Gasteiger partial charge is 0.241 e. The number of amides is 1. The summed E-state index contributed by atoms with van der Waals surface area (Å²) in [6.45, 7) is 4.92. The molecule has 22 heavy (non-hydrogen) atoms. The van der Waals surface area contributed by atoms with Crippen LogP contribution in [0.5, 0.6) is 0 Å². The van der Waals surface area contributed by atoms with E-state index in [0.29, 0.717) is 12.5 Å². The maximum atomic E-state index is 12.1. The van der Waals surface area contributed by atoms with Gasteiger partial charge < -0.3 is 15.5 Å². The van der Waals surface area contributed by atoms with Crippen LogP contribution in [0.3, 0.4) is 0 Å². The number of halogens is 1. The number of likely N-dealkylation sites (tertiary alicyclic amines) is 1. The van der Waals surface area contributed by atoms with Gasteiger partial charge in [-0.1, -0.05) is 0 Å². The number of nitrogens with one attached hydrogen (secondary N) is 2. The minimum atomic E-state index is 0. The van der Waals surface area contributed by atoms with E-state index < -0.39 is 0 Å². The van der Waals surface area contributed by atoms with Crippen LogP contribution in [-0.4, -0.2) is 43.4 Å². The first-order valence-electron chi connectivity index (χ1n) is 7.46. The minimum Gasteiger partial charge on any atom is -0.352 e. The summed E-state index contributed by atoms with van der Waals surface area (Å²) in [6, 6.07) is 4.22. The van der Waals surface area contributed by atoms with Crippen molar-refractivity contribution < 1.29 is 4.79 Å². The molecule has 5 nitrogen and oxygen atoms in total. The second-order valence-electron chi connectivity index (χ2n) is 5.23. The van der Waals surface area contributed by atoms with Crippen LogP contribution in [-0.2, 0) is 11.3 Å². The number of carbonyl (C=O) groups is 1. The van der Waals surface area contributed by atoms with Crippen molar-refractivity contribution in [1.82, 2.24) is 15.5 Å². The number of carbonyl (C=O) groups excluding carboxylic acids is 1. The van der Waals surface area contributed by atoms with E-state index in [-0.39, 0.29) is 29.9 Å². The predicted octanol–water partition coefficient (Wildman–Crippen LogP) is 2.35. The van der Waals surface area contributed by atoms with Gasteiger partial charge in [0.1, 0.15) is 0 Å². The molecule has 0 aliphatic carbocycles. The second kappa shape index (κ2) is 10.0. The highest BCUT2D eigenvalue weighted by Gasteiger charge is 2.16. The lowest BCUT2D eigenvalue weighted by Crippen LogP contribution is -2.45. The average molecular weight is 436 g/mol. The van der Waals surface area contributed by atoms with Gasteiger partial charge in [-0.3, -0.25) is 9.79 Å². The van der Waals surface area contributed by atoms with Crippen LogP contribution in [0, 0.1) is 6.92 Å². The summed E-state index contributed by atoms with van der Waals surface area (Å²) in [7, 11) is 1.72. The molecule has 1 amide bonds. The maximum absolute atomic E-state index is 12.1. The van der Waals surface area contributed by atoms with Crippen molar-refractivity contribution in [3.63, 3.8) is 0 Å². The summed E-state index contributed by atoms with van der Waals surface area (Å²) in [4.78, 5) is 20.7. The number of piperidine rings is 1. The van der Waals surface area contributed by atoms with E-state index in [0.717, 1.165) is 32.5 Å². The Labute approximate surface area is 153 Å². The van der Waals surface area contributed by atoms with Crippen LogP contribution < -0.4 is 10.6 Å². The molecule has 0 bridgehead atoms. The largest absolute Gasteiger partial charge is 0.352 e. The topological polar surface area (TPSA) is 56.7 Å². The van der Waals surface area contributed by atoms with Gasteiger partial charge in [0.05, 0.1) is 13.1 Å². The van der Waals surface area contributed by atoms with E-state index in [9.17, 15) is 4.79 Å². The molecule has 0 saturated carbocycles. The first kappa shape index (κ1) is 19.2. The van der Waals surface area contributed by atoms with Gasteiger partial charge in [0.2, 0.25) is 5.91 Å². The van der Waals surface area contributed by atoms with E-state index in [1.54, 1.807) is 18.4 Å². The number of thiophene rings is 1. The first-order chi connectivity index (χ1) is 10.2. The Bertz CT molecular complexity index is 497. The van der Waals surface area contributed by atoms with Crippen molar-refractivity contribution in [2.24, 2.45) is 4.99 Å². The molecule has 0 unspecified atom stereocenters. The van der Waals surface area contributed by atoms with E-state index >= 15 is 0 Å². The normalized spacial score (nSPS) is 15.2. The highest BCUT2D eigenvalue weighted by Crippen LogP contribution is 2.14. The van der Waals surface area contributed by atoms with Gasteiger partial charge in [0.25, 0.3) is 0 Å². The van der Waals surface area contributed by atoms with Crippen LogP contribution in [0.25, 0.3) is 0 Å². The quantitative estimate of drug-likeness (QED) is 0.433. The molecule has 1 aliphatic rings. The number of rotatable bonds is 4. The lowest BCUT2D eigenvalue weighted by molar-refractivity contribution is -0.130. The molecule has 1 fully saturated rings. The van der Waals surface area contributed by atoms with Crippen LogP contribution in [0.1, 0.15) is 29.0 Å². The van der Waals surface area contributed by atoms with E-state index in [1.807, 2.05) is 4.90 Å². The SMILES string of the molecule is CN=C(NCC(=O)N1CCCCC1)NCc1ccc(C)s1.I. The zero-order valence-corrected chi connectivity index (χ0v) is 16.4. The lowest BCUT2D eigenvalue weighted by Gasteiger charge is -2.27. The molecular weight excluding hydrogens is 411 g/mol. The fraction of sp³-hybridized carbons (Fsp3) is 0.600. The molecule has 7 heteroatoms. The molecule has 0 aromatic carbocycles. The molecule has 1 saturated heterocycles. The van der Waals surface area contributed by atoms with Gasteiger partial charge in [0, 0.05) is 29.9 Å². The van der Waals surface area contributed by atoms with Crippen molar-refractivity contribution in [1.29, 1.82) is 0 Å². The third-order valence-electron chi connectivity index (χ3n) is 3.57. The number of guanidine groups is 1. The van der Waals surface area contributed by atoms with Gasteiger partial charge in [-0.15, -0.1) is 35.3 Å². The van der Waals surface area contributed by atoms with Crippen molar-refractivity contribution in [3.8, 4) is 0 Å². The molecule has 2 heterocycles. The van der Waals surface area contributed by atoms with Gasteiger partial charge in [-0.2, -0.15) is 0 Å². The number of aryl methyl sites for hydroxylation is 1. The summed E-state index contributed by atoms with van der Waals surface area (Å²) in [5.41, 5.74) is 0. The number of aliphatic imine (C=N–C) groups is 1. The Hall–Kier alpha value is -0.830. The molecule has 1 aromatic rings. The Kier molecular flexibility index (Phi) is 8.77. The third-order valence-corrected chi connectivity index (χ3v) is 4.57. The molecule has 1 aliphatic heterocycles. The van der Waals surface area contributed by atoms with Gasteiger partial charge in [0.15, 0.2) is 5.96 Å². The molecular formula is C15H25IN4OS. The highest BCUT2D eigenvalue weighted by atomic mass is 127. The summed E-state index contributed by atoms with van der Waals surface area (Å²) in [5, 5.41) is 6.33. The Balaban J connectivity index is 0.00000242. The lowest BCUT2D eigenvalue weighted by atomic mass is 10.1. The summed E-state index contributed by atoms with van der Waals surface area (Å²) >= 11 is 1.77. The minimum absolute atomic E-state index is 0. The van der Waals surface area contributed by atoms with E-state index in [4.69, 9.17) is 0 Å². The molecule has 0 radical (unpaired) electrons. The molecule has 124 valence electrons. The Morgan fingerprint density at radius 1 is 1.27 bits per heavy atom. The number of nitrogens with zero attached hydrogens (tertiary/aromatic N) is 2. The Morgan fingerprint density at radius 2 is 2.00 bits per heavy atom. The van der Waals surface area contributed by atoms with Crippen molar-refractivity contribution in [3.05, 3.63) is 21.9 Å². The van der Waals surface area contributed by atoms with Crippen LogP contribution in [0.4, 0.5) is 0 Å². The van der Waals surface area contributed by atoms with Gasteiger partial charge in [-0.05, 0) is 38.3 Å². The third kappa shape index (κ3) is 6.12.